The fourth-order valence-corrected chi connectivity index (χ4v) is 5.14. The molecule has 0 amide bonds. The number of aliphatic hydroxyl groups excluding tert-OH is 1. The number of aryl methyl sites for hydroxylation is 1. The average Bonchev–Trinajstić information content (AvgIpc) is 3.27. The van der Waals surface area contributed by atoms with Crippen LogP contribution in [0.5, 0.6) is 11.5 Å². The van der Waals surface area contributed by atoms with Crippen LogP contribution >= 0.6 is 11.8 Å². The summed E-state index contributed by atoms with van der Waals surface area (Å²) in [5.74, 6) is 2.49. The van der Waals surface area contributed by atoms with E-state index in [0.717, 1.165) is 54.9 Å². The molecule has 1 fully saturated rings. The molecule has 0 spiro atoms. The molecular weight excluding hydrogens is 412 g/mol. The zero-order chi connectivity index (χ0) is 21.5. The van der Waals surface area contributed by atoms with Gasteiger partial charge < -0.3 is 29.4 Å². The molecular formula is C23H34N4O3S. The Balaban J connectivity index is 1.24. The Morgan fingerprint density at radius 1 is 1.13 bits per heavy atom. The molecule has 0 bridgehead atoms. The molecule has 170 valence electrons. The van der Waals surface area contributed by atoms with Crippen LogP contribution in [0.1, 0.15) is 36.9 Å². The van der Waals surface area contributed by atoms with Crippen LogP contribution in [0.4, 0.5) is 0 Å². The molecule has 7 nitrogen and oxygen atoms in total. The van der Waals surface area contributed by atoms with Crippen LogP contribution in [0.2, 0.25) is 0 Å². The molecule has 3 heterocycles. The van der Waals surface area contributed by atoms with Gasteiger partial charge in [-0.3, -0.25) is 0 Å². The summed E-state index contributed by atoms with van der Waals surface area (Å²) in [5, 5.41) is 15.0. The molecule has 1 atom stereocenters. The Morgan fingerprint density at radius 3 is 2.74 bits per heavy atom. The second kappa shape index (κ2) is 11.2. The summed E-state index contributed by atoms with van der Waals surface area (Å²) in [4.78, 5) is 7.00. The Morgan fingerprint density at radius 2 is 1.97 bits per heavy atom. The number of imidazole rings is 1. The van der Waals surface area contributed by atoms with E-state index in [4.69, 9.17) is 9.47 Å². The lowest BCUT2D eigenvalue weighted by Gasteiger charge is -2.23. The monoisotopic (exact) mass is 446 g/mol. The van der Waals surface area contributed by atoms with Gasteiger partial charge in [-0.1, -0.05) is 30.7 Å². The Hall–Kier alpha value is -1.74. The summed E-state index contributed by atoms with van der Waals surface area (Å²) in [7, 11) is 1.65. The van der Waals surface area contributed by atoms with E-state index >= 15 is 0 Å². The van der Waals surface area contributed by atoms with E-state index in [1.807, 2.05) is 30.0 Å². The second-order valence-corrected chi connectivity index (χ2v) is 9.39. The molecule has 31 heavy (non-hydrogen) atoms. The molecule has 1 saturated heterocycles. The highest BCUT2D eigenvalue weighted by Gasteiger charge is 2.16. The second-order valence-electron chi connectivity index (χ2n) is 8.33. The van der Waals surface area contributed by atoms with Gasteiger partial charge >= 0.3 is 0 Å². The number of rotatable bonds is 10. The van der Waals surface area contributed by atoms with E-state index in [2.05, 4.69) is 26.0 Å². The molecule has 8 heteroatoms. The predicted molar refractivity (Wildman–Crippen MR) is 123 cm³/mol. The van der Waals surface area contributed by atoms with Gasteiger partial charge in [0, 0.05) is 38.1 Å². The number of benzene rings is 1. The van der Waals surface area contributed by atoms with Gasteiger partial charge in [-0.25, -0.2) is 4.98 Å². The van der Waals surface area contributed by atoms with Gasteiger partial charge in [0.1, 0.15) is 12.7 Å². The lowest BCUT2D eigenvalue weighted by molar-refractivity contribution is 0.0683. The van der Waals surface area contributed by atoms with Crippen molar-refractivity contribution in [2.45, 2.75) is 56.6 Å². The van der Waals surface area contributed by atoms with Crippen LogP contribution in [0.15, 0.2) is 29.6 Å². The Bertz CT molecular complexity index is 815. The molecule has 0 radical (unpaired) electrons. The van der Waals surface area contributed by atoms with Crippen LogP contribution in [0, 0.1) is 0 Å². The van der Waals surface area contributed by atoms with E-state index in [1.165, 1.54) is 25.7 Å². The highest BCUT2D eigenvalue weighted by Crippen LogP contribution is 2.28. The van der Waals surface area contributed by atoms with Crippen LogP contribution in [0.25, 0.3) is 0 Å². The molecule has 0 aliphatic carbocycles. The number of fused-ring (bicyclic) bond motifs is 1. The number of thioether (sulfide) groups is 1. The summed E-state index contributed by atoms with van der Waals surface area (Å²) in [6.07, 6.45) is 6.67. The fourth-order valence-electron chi connectivity index (χ4n) is 4.18. The molecule has 1 unspecified atom stereocenters. The van der Waals surface area contributed by atoms with Gasteiger partial charge in [-0.05, 0) is 43.6 Å². The molecule has 1 aromatic heterocycles. The third-order valence-corrected chi connectivity index (χ3v) is 6.79. The summed E-state index contributed by atoms with van der Waals surface area (Å²) < 4.78 is 13.6. The maximum atomic E-state index is 10.4. The molecule has 2 aromatic rings. The van der Waals surface area contributed by atoms with Gasteiger partial charge in [0.2, 0.25) is 0 Å². The van der Waals surface area contributed by atoms with Crippen molar-refractivity contribution in [1.29, 1.82) is 0 Å². The van der Waals surface area contributed by atoms with Gasteiger partial charge in [-0.15, -0.1) is 0 Å². The fraction of sp³-hybridized carbons (Fsp3) is 0.609. The number of β-amino-alcohol motifs (C(OH)–C–C–N with tert-alkyl or cyclic N) is 1. The number of aliphatic hydroxyl groups is 1. The third kappa shape index (κ3) is 6.38. The van der Waals surface area contributed by atoms with E-state index in [9.17, 15) is 5.11 Å². The van der Waals surface area contributed by atoms with Gasteiger partial charge in [-0.2, -0.15) is 0 Å². The molecule has 2 aliphatic rings. The number of ether oxygens (including phenoxy) is 2. The van der Waals surface area contributed by atoms with Crippen molar-refractivity contribution in [3.8, 4) is 11.5 Å². The number of hydrogen-bond donors (Lipinski definition) is 2. The number of methoxy groups -OCH3 is 1. The van der Waals surface area contributed by atoms with Crippen molar-refractivity contribution in [3.05, 3.63) is 35.7 Å². The van der Waals surface area contributed by atoms with Crippen molar-refractivity contribution in [2.75, 3.05) is 39.1 Å². The number of nitrogens with zero attached hydrogens (tertiary/aromatic N) is 3. The standard InChI is InChI=1S/C23H34N4O3S/c1-29-22-12-18(13-24-14-19-15-27-10-11-31-23(27)25-19)6-7-21(22)30-17-20(28)16-26-8-4-2-3-5-9-26/h6-7,12,15,20,24,28H,2-5,8-11,13-14,16-17H2,1H3. The maximum Gasteiger partial charge on any atom is 0.168 e. The predicted octanol–water partition coefficient (Wildman–Crippen LogP) is 2.90. The molecule has 1 aromatic carbocycles. The Labute approximate surface area is 189 Å². The zero-order valence-electron chi connectivity index (χ0n) is 18.4. The van der Waals surface area contributed by atoms with Crippen LogP contribution < -0.4 is 14.8 Å². The van der Waals surface area contributed by atoms with Crippen molar-refractivity contribution < 1.29 is 14.6 Å². The lowest BCUT2D eigenvalue weighted by Crippen LogP contribution is -2.36. The normalized spacial score (nSPS) is 17.9. The number of nitrogens with one attached hydrogen (secondary N) is 1. The van der Waals surface area contributed by atoms with Crippen molar-refractivity contribution in [3.63, 3.8) is 0 Å². The first-order chi connectivity index (χ1) is 15.2. The largest absolute Gasteiger partial charge is 0.493 e. The van der Waals surface area contributed by atoms with Crippen LogP contribution in [0.3, 0.4) is 0 Å². The Kier molecular flexibility index (Phi) is 8.13. The molecule has 0 saturated carbocycles. The van der Waals surface area contributed by atoms with E-state index < -0.39 is 6.10 Å². The van der Waals surface area contributed by atoms with E-state index in [-0.39, 0.29) is 6.61 Å². The number of aromatic nitrogens is 2. The van der Waals surface area contributed by atoms with Gasteiger partial charge in [0.15, 0.2) is 16.7 Å². The van der Waals surface area contributed by atoms with E-state index in [0.29, 0.717) is 18.0 Å². The van der Waals surface area contributed by atoms with E-state index in [1.54, 1.807) is 7.11 Å². The minimum atomic E-state index is -0.501. The average molecular weight is 447 g/mol. The SMILES string of the molecule is COc1cc(CNCc2cn3c(n2)SCC3)ccc1OCC(O)CN1CCCCCC1. The number of likely N-dealkylation sites (tertiary alicyclic amines) is 1. The number of hydrogen-bond acceptors (Lipinski definition) is 7. The minimum absolute atomic E-state index is 0.271. The molecule has 2 N–H and O–H groups in total. The zero-order valence-corrected chi connectivity index (χ0v) is 19.2. The maximum absolute atomic E-state index is 10.4. The first-order valence-corrected chi connectivity index (χ1v) is 12.3. The summed E-state index contributed by atoms with van der Waals surface area (Å²) >= 11 is 1.82. The van der Waals surface area contributed by atoms with Crippen LogP contribution in [-0.2, 0) is 19.6 Å². The summed E-state index contributed by atoms with van der Waals surface area (Å²) in [6.45, 7) is 5.60. The smallest absolute Gasteiger partial charge is 0.168 e. The van der Waals surface area contributed by atoms with Gasteiger partial charge in [0.05, 0.1) is 12.8 Å². The topological polar surface area (TPSA) is 71.8 Å². The van der Waals surface area contributed by atoms with Crippen molar-refractivity contribution >= 4 is 11.8 Å². The summed E-state index contributed by atoms with van der Waals surface area (Å²) in [5.41, 5.74) is 2.20. The summed E-state index contributed by atoms with van der Waals surface area (Å²) in [6, 6.07) is 5.96. The highest BCUT2D eigenvalue weighted by atomic mass is 32.2. The lowest BCUT2D eigenvalue weighted by atomic mass is 10.2. The highest BCUT2D eigenvalue weighted by molar-refractivity contribution is 7.99. The first kappa shape index (κ1) is 22.5. The third-order valence-electron chi connectivity index (χ3n) is 5.82. The first-order valence-electron chi connectivity index (χ1n) is 11.3. The molecule has 2 aliphatic heterocycles. The molecule has 4 rings (SSSR count). The van der Waals surface area contributed by atoms with Crippen molar-refractivity contribution in [2.24, 2.45) is 0 Å². The van der Waals surface area contributed by atoms with Crippen molar-refractivity contribution in [1.82, 2.24) is 19.8 Å². The van der Waals surface area contributed by atoms with Gasteiger partial charge in [0.25, 0.3) is 0 Å². The van der Waals surface area contributed by atoms with Crippen LogP contribution in [-0.4, -0.2) is 64.8 Å². The quantitative estimate of drug-likeness (QED) is 0.581. The minimum Gasteiger partial charge on any atom is -0.493 e.